The molecule has 0 unspecified atom stereocenters. The van der Waals surface area contributed by atoms with E-state index in [1.165, 1.54) is 6.33 Å². The van der Waals surface area contributed by atoms with Crippen molar-refractivity contribution in [1.82, 2.24) is 19.5 Å². The fraction of sp³-hybridized carbons (Fsp3) is 0.500. The van der Waals surface area contributed by atoms with Gasteiger partial charge in [-0.1, -0.05) is 0 Å². The summed E-state index contributed by atoms with van der Waals surface area (Å²) >= 11 is 0. The number of nitrogens with zero attached hydrogens (tertiary/aromatic N) is 3. The van der Waals surface area contributed by atoms with Gasteiger partial charge in [0, 0.05) is 0 Å². The van der Waals surface area contributed by atoms with Gasteiger partial charge in [-0.2, -0.15) is 0 Å². The second-order valence-electron chi connectivity index (χ2n) is 4.08. The summed E-state index contributed by atoms with van der Waals surface area (Å²) in [6.45, 7) is 0.516. The van der Waals surface area contributed by atoms with Crippen molar-refractivity contribution >= 4 is 11.2 Å². The lowest BCUT2D eigenvalue weighted by Crippen LogP contribution is -2.12. The standard InChI is InChI=1S/C10H12N4O3/c15-2-7-1-6(3-17-7)14-5-13-8-9(14)11-4-12-10(8)16/h4-7,15H,1-3H2,(H,11,12,16)/t6-,7-/m1/s1. The largest absolute Gasteiger partial charge is 0.394 e. The van der Waals surface area contributed by atoms with E-state index in [1.807, 2.05) is 4.57 Å². The molecule has 1 fully saturated rings. The Morgan fingerprint density at radius 2 is 2.47 bits per heavy atom. The van der Waals surface area contributed by atoms with Crippen LogP contribution in [0.2, 0.25) is 0 Å². The highest BCUT2D eigenvalue weighted by atomic mass is 16.5. The smallest absolute Gasteiger partial charge is 0.278 e. The normalized spacial score (nSPS) is 24.5. The van der Waals surface area contributed by atoms with E-state index < -0.39 is 0 Å². The fourth-order valence-electron chi connectivity index (χ4n) is 2.14. The van der Waals surface area contributed by atoms with Gasteiger partial charge >= 0.3 is 0 Å². The molecule has 2 N–H and O–H groups in total. The Morgan fingerprint density at radius 1 is 1.59 bits per heavy atom. The van der Waals surface area contributed by atoms with E-state index in [-0.39, 0.29) is 24.3 Å². The lowest BCUT2D eigenvalue weighted by atomic mass is 10.2. The lowest BCUT2D eigenvalue weighted by molar-refractivity contribution is 0.0576. The van der Waals surface area contributed by atoms with Crippen LogP contribution >= 0.6 is 0 Å². The number of aromatic amines is 1. The first-order chi connectivity index (χ1) is 8.29. The molecule has 90 valence electrons. The number of hydrogen-bond donors (Lipinski definition) is 2. The van der Waals surface area contributed by atoms with Crippen molar-refractivity contribution in [2.24, 2.45) is 0 Å². The highest BCUT2D eigenvalue weighted by molar-refractivity contribution is 5.68. The highest BCUT2D eigenvalue weighted by Gasteiger charge is 2.27. The molecule has 7 nitrogen and oxygen atoms in total. The summed E-state index contributed by atoms with van der Waals surface area (Å²) in [5.74, 6) is 0. The van der Waals surface area contributed by atoms with Crippen LogP contribution in [-0.4, -0.2) is 43.9 Å². The maximum atomic E-state index is 11.5. The Morgan fingerprint density at radius 3 is 3.24 bits per heavy atom. The molecule has 3 heterocycles. The molecule has 3 rings (SSSR count). The zero-order valence-electron chi connectivity index (χ0n) is 9.04. The van der Waals surface area contributed by atoms with Crippen molar-refractivity contribution in [2.75, 3.05) is 13.2 Å². The average Bonchev–Trinajstić information content (AvgIpc) is 2.94. The molecular weight excluding hydrogens is 224 g/mol. The number of H-pyrrole nitrogens is 1. The Balaban J connectivity index is 2.02. The first-order valence-corrected chi connectivity index (χ1v) is 5.42. The SMILES string of the molecule is O=c1[nH]cnc2c1ncn2[C@H]1CO[C@@H](CO)C1. The molecule has 1 aliphatic rings. The molecule has 0 radical (unpaired) electrons. The van der Waals surface area contributed by atoms with Gasteiger partial charge in [0.05, 0.1) is 38.0 Å². The highest BCUT2D eigenvalue weighted by Crippen LogP contribution is 2.25. The van der Waals surface area contributed by atoms with Gasteiger partial charge in [0.1, 0.15) is 0 Å². The van der Waals surface area contributed by atoms with E-state index in [0.717, 1.165) is 0 Å². The van der Waals surface area contributed by atoms with Crippen molar-refractivity contribution in [3.63, 3.8) is 0 Å². The molecule has 2 aromatic heterocycles. The Hall–Kier alpha value is -1.73. The maximum Gasteiger partial charge on any atom is 0.278 e. The molecule has 0 saturated carbocycles. The molecule has 0 amide bonds. The van der Waals surface area contributed by atoms with E-state index >= 15 is 0 Å². The lowest BCUT2D eigenvalue weighted by Gasteiger charge is -2.09. The van der Waals surface area contributed by atoms with Crippen molar-refractivity contribution < 1.29 is 9.84 Å². The van der Waals surface area contributed by atoms with Gasteiger partial charge in [0.15, 0.2) is 11.2 Å². The molecule has 0 aromatic carbocycles. The van der Waals surface area contributed by atoms with Crippen LogP contribution in [0.15, 0.2) is 17.4 Å². The molecule has 1 saturated heterocycles. The number of imidazole rings is 1. The van der Waals surface area contributed by atoms with Crippen molar-refractivity contribution in [2.45, 2.75) is 18.6 Å². The van der Waals surface area contributed by atoms with Crippen LogP contribution in [0.5, 0.6) is 0 Å². The number of rotatable bonds is 2. The van der Waals surface area contributed by atoms with E-state index in [0.29, 0.717) is 24.2 Å². The Labute approximate surface area is 96.1 Å². The number of aliphatic hydroxyl groups is 1. The summed E-state index contributed by atoms with van der Waals surface area (Å²) in [5, 5.41) is 9.02. The third-order valence-corrected chi connectivity index (χ3v) is 3.02. The number of fused-ring (bicyclic) bond motifs is 1. The molecule has 0 aliphatic carbocycles. The number of nitrogens with one attached hydrogen (secondary N) is 1. The minimum Gasteiger partial charge on any atom is -0.394 e. The average molecular weight is 236 g/mol. The van der Waals surface area contributed by atoms with Gasteiger partial charge in [-0.05, 0) is 6.42 Å². The van der Waals surface area contributed by atoms with Gasteiger partial charge in [0.25, 0.3) is 5.56 Å². The maximum absolute atomic E-state index is 11.5. The van der Waals surface area contributed by atoms with Crippen LogP contribution in [-0.2, 0) is 4.74 Å². The first kappa shape index (κ1) is 10.4. The summed E-state index contributed by atoms with van der Waals surface area (Å²) in [5.41, 5.74) is 0.646. The molecule has 17 heavy (non-hydrogen) atoms. The molecule has 7 heteroatoms. The third-order valence-electron chi connectivity index (χ3n) is 3.02. The van der Waals surface area contributed by atoms with Crippen LogP contribution in [0.1, 0.15) is 12.5 Å². The minimum absolute atomic E-state index is 0.0111. The summed E-state index contributed by atoms with van der Waals surface area (Å²) in [6.07, 6.45) is 3.53. The summed E-state index contributed by atoms with van der Waals surface area (Å²) in [7, 11) is 0. The van der Waals surface area contributed by atoms with Gasteiger partial charge in [-0.15, -0.1) is 0 Å². The van der Waals surface area contributed by atoms with Crippen LogP contribution in [0.3, 0.4) is 0 Å². The third kappa shape index (κ3) is 1.63. The van der Waals surface area contributed by atoms with Crippen LogP contribution in [0.25, 0.3) is 11.2 Å². The van der Waals surface area contributed by atoms with E-state index in [9.17, 15) is 4.79 Å². The van der Waals surface area contributed by atoms with Crippen LogP contribution in [0.4, 0.5) is 0 Å². The van der Waals surface area contributed by atoms with Gasteiger partial charge in [-0.25, -0.2) is 9.97 Å². The number of hydrogen-bond acceptors (Lipinski definition) is 5. The predicted molar refractivity (Wildman–Crippen MR) is 58.6 cm³/mol. The zero-order chi connectivity index (χ0) is 11.8. The monoisotopic (exact) mass is 236 g/mol. The fourth-order valence-corrected chi connectivity index (χ4v) is 2.14. The molecule has 2 atom stereocenters. The van der Waals surface area contributed by atoms with E-state index in [4.69, 9.17) is 9.84 Å². The summed E-state index contributed by atoms with van der Waals surface area (Å²) in [4.78, 5) is 22.1. The second kappa shape index (κ2) is 3.94. The van der Waals surface area contributed by atoms with E-state index in [1.54, 1.807) is 6.33 Å². The first-order valence-electron chi connectivity index (χ1n) is 5.42. The number of aromatic nitrogens is 4. The zero-order valence-corrected chi connectivity index (χ0v) is 9.04. The molecule has 0 bridgehead atoms. The van der Waals surface area contributed by atoms with Gasteiger partial charge < -0.3 is 19.4 Å². The number of ether oxygens (including phenoxy) is 1. The Kier molecular flexibility index (Phi) is 2.41. The molecule has 1 aliphatic heterocycles. The predicted octanol–water partition coefficient (Wildman–Crippen LogP) is -0.558. The molecule has 0 spiro atoms. The quantitative estimate of drug-likeness (QED) is 0.729. The van der Waals surface area contributed by atoms with E-state index in [2.05, 4.69) is 15.0 Å². The summed E-state index contributed by atoms with van der Waals surface area (Å²) < 4.78 is 7.24. The summed E-state index contributed by atoms with van der Waals surface area (Å²) in [6, 6.07) is 0.0754. The molecular formula is C10H12N4O3. The van der Waals surface area contributed by atoms with Crippen LogP contribution < -0.4 is 5.56 Å². The second-order valence-corrected chi connectivity index (χ2v) is 4.08. The van der Waals surface area contributed by atoms with Crippen molar-refractivity contribution in [3.8, 4) is 0 Å². The van der Waals surface area contributed by atoms with Crippen molar-refractivity contribution in [1.29, 1.82) is 0 Å². The van der Waals surface area contributed by atoms with Gasteiger partial charge in [-0.3, -0.25) is 4.79 Å². The molecule has 2 aromatic rings. The van der Waals surface area contributed by atoms with Crippen molar-refractivity contribution in [3.05, 3.63) is 23.0 Å². The Bertz CT molecular complexity index is 590. The number of aliphatic hydroxyl groups excluding tert-OH is 1. The minimum atomic E-state index is -0.244. The topological polar surface area (TPSA) is 93.0 Å². The van der Waals surface area contributed by atoms with Gasteiger partial charge in [0.2, 0.25) is 0 Å². The van der Waals surface area contributed by atoms with Crippen LogP contribution in [0, 0.1) is 0 Å².